The molecule has 0 bridgehead atoms. The van der Waals surface area contributed by atoms with Gasteiger partial charge in [-0.3, -0.25) is 9.79 Å². The number of nitrogens with two attached hydrogens (primary N) is 1. The number of anilines is 4. The first kappa shape index (κ1) is 24.9. The van der Waals surface area contributed by atoms with Gasteiger partial charge in [-0.2, -0.15) is 0 Å². The van der Waals surface area contributed by atoms with Crippen molar-refractivity contribution in [2.75, 3.05) is 36.0 Å². The third kappa shape index (κ3) is 5.72. The second-order valence-electron chi connectivity index (χ2n) is 8.03. The Labute approximate surface area is 207 Å². The Hall–Kier alpha value is -3.21. The van der Waals surface area contributed by atoms with Crippen molar-refractivity contribution in [2.45, 2.75) is 16.4 Å². The summed E-state index contributed by atoms with van der Waals surface area (Å²) in [6.45, 7) is -0.0390. The average molecular weight is 517 g/mol. The monoisotopic (exact) mass is 516 g/mol. The Morgan fingerprint density at radius 3 is 2.09 bits per heavy atom. The second-order valence-corrected chi connectivity index (χ2v) is 10.3. The van der Waals surface area contributed by atoms with Gasteiger partial charge in [-0.15, -0.1) is 0 Å². The Bertz CT molecular complexity index is 1240. The highest BCUT2D eigenvalue weighted by molar-refractivity contribution is 7.99. The maximum Gasteiger partial charge on any atom is 0.524 e. The Kier molecular flexibility index (Phi) is 6.98. The molecule has 3 aromatic carbocycles. The number of rotatable bonds is 6. The molecular weight excluding hydrogens is 491 g/mol. The van der Waals surface area contributed by atoms with Crippen molar-refractivity contribution in [3.63, 3.8) is 0 Å². The van der Waals surface area contributed by atoms with Gasteiger partial charge in [0, 0.05) is 36.6 Å². The average Bonchev–Trinajstić information content (AvgIpc) is 2.80. The molecule has 1 aliphatic rings. The van der Waals surface area contributed by atoms with Crippen LogP contribution in [0.1, 0.15) is 5.56 Å². The summed E-state index contributed by atoms with van der Waals surface area (Å²) in [5, 5.41) is 1.51. The molecule has 0 fully saturated rings. The van der Waals surface area contributed by atoms with Gasteiger partial charge in [0.2, 0.25) is 0 Å². The summed E-state index contributed by atoms with van der Waals surface area (Å²) in [7, 11) is 1.01. The fourth-order valence-electron chi connectivity index (χ4n) is 3.47. The minimum atomic E-state index is -4.64. The number of carbonyl (C=O) groups excluding carboxylic acids is 1. The molecule has 0 aromatic heterocycles. The van der Waals surface area contributed by atoms with Gasteiger partial charge >= 0.3 is 13.9 Å². The van der Waals surface area contributed by atoms with Crippen molar-refractivity contribution in [1.29, 1.82) is 0 Å². The molecular formula is C23H25N4O6PS. The van der Waals surface area contributed by atoms with Gasteiger partial charge in [0.15, 0.2) is 0 Å². The molecule has 0 aliphatic carbocycles. The van der Waals surface area contributed by atoms with Crippen LogP contribution in [0.25, 0.3) is 0 Å². The third-order valence-electron chi connectivity index (χ3n) is 5.20. The van der Waals surface area contributed by atoms with Crippen LogP contribution in [0.3, 0.4) is 0 Å². The highest BCUT2D eigenvalue weighted by Crippen LogP contribution is 2.50. The SMILES string of the molecule is CN(C)c1ccc2c(c1)Sc1cc(N(C)N)ccc1N2C(=O)OCc1ccc(OP(=O)(O)O)cc1. The summed E-state index contributed by atoms with van der Waals surface area (Å²) < 4.78 is 21.1. The van der Waals surface area contributed by atoms with Gasteiger partial charge in [-0.05, 0) is 54.1 Å². The van der Waals surface area contributed by atoms with E-state index in [1.807, 2.05) is 55.4 Å². The Morgan fingerprint density at radius 1 is 0.971 bits per heavy atom. The predicted molar refractivity (Wildman–Crippen MR) is 135 cm³/mol. The van der Waals surface area contributed by atoms with Crippen molar-refractivity contribution in [3.05, 3.63) is 66.2 Å². The van der Waals surface area contributed by atoms with E-state index in [2.05, 4.69) is 4.52 Å². The van der Waals surface area contributed by atoms with Gasteiger partial charge in [-0.25, -0.2) is 20.1 Å². The standard InChI is InChI=1S/C23H25N4O6PS/c1-25(2)16-6-10-19-21(12-16)35-22-13-17(26(3)24)7-11-20(22)27(19)23(28)32-14-15-4-8-18(9-5-15)33-34(29,30)31/h4-13H,14,24H2,1-3H3,(H2,29,30,31). The predicted octanol–water partition coefficient (Wildman–Crippen LogP) is 4.47. The number of carbonyl (C=O) groups is 1. The van der Waals surface area contributed by atoms with Crippen LogP contribution < -0.4 is 25.2 Å². The van der Waals surface area contributed by atoms with E-state index in [9.17, 15) is 9.36 Å². The maximum absolute atomic E-state index is 13.3. The van der Waals surface area contributed by atoms with Crippen LogP contribution in [0, 0.1) is 0 Å². The number of ether oxygens (including phenoxy) is 1. The largest absolute Gasteiger partial charge is 0.524 e. The van der Waals surface area contributed by atoms with E-state index in [0.29, 0.717) is 16.9 Å². The topological polar surface area (TPSA) is 129 Å². The number of nitrogens with zero attached hydrogens (tertiary/aromatic N) is 3. The van der Waals surface area contributed by atoms with E-state index >= 15 is 0 Å². The molecule has 184 valence electrons. The van der Waals surface area contributed by atoms with Crippen LogP contribution in [-0.2, 0) is 15.9 Å². The zero-order valence-corrected chi connectivity index (χ0v) is 21.0. The molecule has 0 saturated carbocycles. The fourth-order valence-corrected chi connectivity index (χ4v) is 4.99. The Morgan fingerprint density at radius 2 is 1.54 bits per heavy atom. The summed E-state index contributed by atoms with van der Waals surface area (Å²) >= 11 is 1.55. The van der Waals surface area contributed by atoms with Crippen molar-refractivity contribution < 1.29 is 28.4 Å². The second kappa shape index (κ2) is 9.80. The number of phosphoric ester groups is 1. The van der Waals surface area contributed by atoms with Gasteiger partial charge < -0.3 is 19.2 Å². The summed E-state index contributed by atoms with van der Waals surface area (Å²) in [6.07, 6.45) is -0.560. The van der Waals surface area contributed by atoms with E-state index in [4.69, 9.17) is 20.4 Å². The van der Waals surface area contributed by atoms with E-state index in [1.54, 1.807) is 30.9 Å². The lowest BCUT2D eigenvalue weighted by atomic mass is 10.2. The lowest BCUT2D eigenvalue weighted by molar-refractivity contribution is 0.149. The zero-order chi connectivity index (χ0) is 25.3. The number of amides is 1. The maximum atomic E-state index is 13.3. The number of hydrogen-bond acceptors (Lipinski definition) is 8. The van der Waals surface area contributed by atoms with Crippen molar-refractivity contribution in [1.82, 2.24) is 0 Å². The molecule has 1 aliphatic heterocycles. The minimum absolute atomic E-state index is 0.0155. The van der Waals surface area contributed by atoms with E-state index in [0.717, 1.165) is 21.2 Å². The molecule has 4 N–H and O–H groups in total. The smallest absolute Gasteiger partial charge is 0.444 e. The van der Waals surface area contributed by atoms with Crippen LogP contribution >= 0.6 is 19.6 Å². The molecule has 0 atom stereocenters. The molecule has 0 spiro atoms. The number of benzene rings is 3. The van der Waals surface area contributed by atoms with Crippen molar-refractivity contribution in [3.8, 4) is 5.75 Å². The van der Waals surface area contributed by atoms with Gasteiger partial charge in [0.1, 0.15) is 12.4 Å². The third-order valence-corrected chi connectivity index (χ3v) is 6.75. The summed E-state index contributed by atoms with van der Waals surface area (Å²) in [5.74, 6) is 5.93. The molecule has 3 aromatic rings. The zero-order valence-electron chi connectivity index (χ0n) is 19.3. The summed E-state index contributed by atoms with van der Waals surface area (Å²) in [6, 6.07) is 17.4. The van der Waals surface area contributed by atoms with Crippen molar-refractivity contribution in [2.24, 2.45) is 5.84 Å². The number of fused-ring (bicyclic) bond motifs is 2. The normalized spacial score (nSPS) is 12.5. The van der Waals surface area contributed by atoms with Gasteiger partial charge in [0.25, 0.3) is 0 Å². The number of hydrogen-bond donors (Lipinski definition) is 3. The van der Waals surface area contributed by atoms with Crippen molar-refractivity contribution >= 4 is 48.4 Å². The number of hydrazine groups is 1. The van der Waals surface area contributed by atoms with Crippen LogP contribution in [0.2, 0.25) is 0 Å². The first-order chi connectivity index (χ1) is 16.5. The highest BCUT2D eigenvalue weighted by Gasteiger charge is 2.30. The number of phosphoric acid groups is 1. The molecule has 0 radical (unpaired) electrons. The van der Waals surface area contributed by atoms with Crippen LogP contribution in [0.5, 0.6) is 5.75 Å². The fraction of sp³-hybridized carbons (Fsp3) is 0.174. The first-order valence-electron chi connectivity index (χ1n) is 10.4. The molecule has 0 unspecified atom stereocenters. The quantitative estimate of drug-likeness (QED) is 0.245. The van der Waals surface area contributed by atoms with Crippen LogP contribution in [0.4, 0.5) is 27.5 Å². The van der Waals surface area contributed by atoms with Gasteiger partial charge in [0.05, 0.1) is 17.1 Å². The lowest BCUT2D eigenvalue weighted by Crippen LogP contribution is -2.30. The molecule has 4 rings (SSSR count). The van der Waals surface area contributed by atoms with E-state index < -0.39 is 13.9 Å². The molecule has 35 heavy (non-hydrogen) atoms. The molecule has 0 saturated heterocycles. The summed E-state index contributed by atoms with van der Waals surface area (Å²) in [4.78, 5) is 36.4. The molecule has 10 nitrogen and oxygen atoms in total. The molecule has 1 heterocycles. The van der Waals surface area contributed by atoms with Crippen LogP contribution in [0.15, 0.2) is 70.5 Å². The molecule has 1 amide bonds. The van der Waals surface area contributed by atoms with Crippen LogP contribution in [-0.4, -0.2) is 37.0 Å². The minimum Gasteiger partial charge on any atom is -0.444 e. The van der Waals surface area contributed by atoms with E-state index in [-0.39, 0.29) is 12.4 Å². The summed E-state index contributed by atoms with van der Waals surface area (Å²) in [5.41, 5.74) is 3.82. The molecule has 12 heteroatoms. The van der Waals surface area contributed by atoms with Gasteiger partial charge in [-0.1, -0.05) is 23.9 Å². The van der Waals surface area contributed by atoms with E-state index in [1.165, 1.54) is 22.0 Å². The Balaban J connectivity index is 1.60. The highest BCUT2D eigenvalue weighted by atomic mass is 32.2. The lowest BCUT2D eigenvalue weighted by Gasteiger charge is -2.31. The first-order valence-corrected chi connectivity index (χ1v) is 12.8.